The number of nitrogens with zero attached hydrogens (tertiary/aromatic N) is 3. The molecule has 0 bridgehead atoms. The Kier molecular flexibility index (Phi) is 2.23. The predicted octanol–water partition coefficient (Wildman–Crippen LogP) is 2.16. The van der Waals surface area contributed by atoms with E-state index >= 15 is 0 Å². The lowest BCUT2D eigenvalue weighted by molar-refractivity contribution is 1.07. The van der Waals surface area contributed by atoms with Crippen molar-refractivity contribution in [2.75, 3.05) is 0 Å². The van der Waals surface area contributed by atoms with Crippen LogP contribution in [-0.2, 0) is 0 Å². The van der Waals surface area contributed by atoms with Crippen molar-refractivity contribution in [3.63, 3.8) is 0 Å². The van der Waals surface area contributed by atoms with E-state index in [1.807, 2.05) is 32.2 Å². The van der Waals surface area contributed by atoms with Gasteiger partial charge in [-0.15, -0.1) is 0 Å². The molecule has 14 heavy (non-hydrogen) atoms. The average Bonchev–Trinajstić information content (AvgIpc) is 2.23. The molecule has 2 rings (SSSR count). The molecule has 0 saturated carbocycles. The van der Waals surface area contributed by atoms with Crippen LogP contribution >= 0.6 is 0 Å². The summed E-state index contributed by atoms with van der Waals surface area (Å²) in [4.78, 5) is 12.7. The molecule has 0 saturated heterocycles. The summed E-state index contributed by atoms with van der Waals surface area (Å²) < 4.78 is 0. The predicted molar refractivity (Wildman–Crippen MR) is 54.7 cm³/mol. The van der Waals surface area contributed by atoms with Crippen LogP contribution in [0.3, 0.4) is 0 Å². The second-order valence-electron chi connectivity index (χ2n) is 3.20. The van der Waals surface area contributed by atoms with Gasteiger partial charge in [0, 0.05) is 29.8 Å². The standard InChI is InChI=1S/C11H11N3/c1-8-6-13-11(14-9(8)2)10-4-3-5-12-7-10/h3-7H,1-2H3. The van der Waals surface area contributed by atoms with Gasteiger partial charge in [-0.25, -0.2) is 9.97 Å². The van der Waals surface area contributed by atoms with E-state index in [1.165, 1.54) is 0 Å². The Labute approximate surface area is 82.9 Å². The molecule has 0 amide bonds. The SMILES string of the molecule is Cc1cnc(-c2cccnc2)nc1C. The molecule has 0 aliphatic heterocycles. The lowest BCUT2D eigenvalue weighted by Gasteiger charge is -2.02. The highest BCUT2D eigenvalue weighted by Gasteiger charge is 2.01. The van der Waals surface area contributed by atoms with Crippen molar-refractivity contribution in [2.45, 2.75) is 13.8 Å². The molecule has 0 aliphatic carbocycles. The van der Waals surface area contributed by atoms with E-state index in [9.17, 15) is 0 Å². The highest BCUT2D eigenvalue weighted by Crippen LogP contribution is 2.13. The summed E-state index contributed by atoms with van der Waals surface area (Å²) in [5, 5.41) is 0. The van der Waals surface area contributed by atoms with Gasteiger partial charge in [0.25, 0.3) is 0 Å². The van der Waals surface area contributed by atoms with Crippen LogP contribution in [-0.4, -0.2) is 15.0 Å². The molecule has 3 nitrogen and oxygen atoms in total. The summed E-state index contributed by atoms with van der Waals surface area (Å²) in [6.07, 6.45) is 5.35. The van der Waals surface area contributed by atoms with Crippen molar-refractivity contribution in [3.05, 3.63) is 42.0 Å². The first kappa shape index (κ1) is 8.81. The normalized spacial score (nSPS) is 10.1. The molecule has 0 N–H and O–H groups in total. The molecule has 0 atom stereocenters. The van der Waals surface area contributed by atoms with E-state index < -0.39 is 0 Å². The number of hydrogen-bond acceptors (Lipinski definition) is 3. The maximum absolute atomic E-state index is 4.39. The van der Waals surface area contributed by atoms with E-state index in [0.717, 1.165) is 22.6 Å². The minimum atomic E-state index is 0.737. The van der Waals surface area contributed by atoms with E-state index in [-0.39, 0.29) is 0 Å². The first-order chi connectivity index (χ1) is 6.77. The van der Waals surface area contributed by atoms with Crippen molar-refractivity contribution in [1.82, 2.24) is 15.0 Å². The smallest absolute Gasteiger partial charge is 0.160 e. The minimum Gasteiger partial charge on any atom is -0.264 e. The number of aryl methyl sites for hydroxylation is 2. The van der Waals surface area contributed by atoms with Crippen LogP contribution in [0.1, 0.15) is 11.3 Å². The van der Waals surface area contributed by atoms with Gasteiger partial charge in [-0.3, -0.25) is 4.98 Å². The molecule has 0 unspecified atom stereocenters. The molecule has 2 aromatic rings. The third-order valence-electron chi connectivity index (χ3n) is 2.14. The van der Waals surface area contributed by atoms with Crippen molar-refractivity contribution in [3.8, 4) is 11.4 Å². The first-order valence-corrected chi connectivity index (χ1v) is 4.48. The van der Waals surface area contributed by atoms with Gasteiger partial charge in [0.05, 0.1) is 0 Å². The van der Waals surface area contributed by atoms with Gasteiger partial charge >= 0.3 is 0 Å². The second kappa shape index (κ2) is 3.54. The fraction of sp³-hybridized carbons (Fsp3) is 0.182. The Morgan fingerprint density at radius 1 is 1.14 bits per heavy atom. The molecule has 70 valence electrons. The van der Waals surface area contributed by atoms with Crippen molar-refractivity contribution < 1.29 is 0 Å². The molecular formula is C11H11N3. The fourth-order valence-corrected chi connectivity index (χ4v) is 1.16. The zero-order chi connectivity index (χ0) is 9.97. The molecule has 2 aromatic heterocycles. The molecule has 0 fully saturated rings. The summed E-state index contributed by atoms with van der Waals surface area (Å²) in [5.74, 6) is 0.737. The van der Waals surface area contributed by atoms with Crippen LogP contribution in [0.2, 0.25) is 0 Å². The van der Waals surface area contributed by atoms with Crippen molar-refractivity contribution in [1.29, 1.82) is 0 Å². The van der Waals surface area contributed by atoms with Crippen LogP contribution in [0, 0.1) is 13.8 Å². The highest BCUT2D eigenvalue weighted by molar-refractivity contribution is 5.52. The zero-order valence-electron chi connectivity index (χ0n) is 8.23. The van der Waals surface area contributed by atoms with E-state index in [1.54, 1.807) is 12.4 Å². The number of rotatable bonds is 1. The maximum Gasteiger partial charge on any atom is 0.160 e. The van der Waals surface area contributed by atoms with Gasteiger partial charge in [0.1, 0.15) is 0 Å². The summed E-state index contributed by atoms with van der Waals surface area (Å²) >= 11 is 0. The van der Waals surface area contributed by atoms with Gasteiger partial charge in [-0.1, -0.05) is 0 Å². The van der Waals surface area contributed by atoms with E-state index in [2.05, 4.69) is 15.0 Å². The number of pyridine rings is 1. The molecule has 3 heteroatoms. The maximum atomic E-state index is 4.39. The van der Waals surface area contributed by atoms with Crippen LogP contribution in [0.4, 0.5) is 0 Å². The zero-order valence-corrected chi connectivity index (χ0v) is 8.23. The summed E-state index contributed by atoms with van der Waals surface area (Å²) in [6.45, 7) is 3.99. The first-order valence-electron chi connectivity index (χ1n) is 4.48. The molecular weight excluding hydrogens is 174 g/mol. The third kappa shape index (κ3) is 1.62. The largest absolute Gasteiger partial charge is 0.264 e. The Hall–Kier alpha value is -1.77. The van der Waals surface area contributed by atoms with Crippen LogP contribution in [0.25, 0.3) is 11.4 Å². The Bertz CT molecular complexity index is 438. The minimum absolute atomic E-state index is 0.737. The second-order valence-corrected chi connectivity index (χ2v) is 3.20. The monoisotopic (exact) mass is 185 g/mol. The Balaban J connectivity index is 2.48. The van der Waals surface area contributed by atoms with Crippen LogP contribution < -0.4 is 0 Å². The number of hydrogen-bond donors (Lipinski definition) is 0. The quantitative estimate of drug-likeness (QED) is 0.683. The molecule has 2 heterocycles. The molecule has 0 aromatic carbocycles. The lowest BCUT2D eigenvalue weighted by atomic mass is 10.2. The van der Waals surface area contributed by atoms with E-state index in [0.29, 0.717) is 0 Å². The van der Waals surface area contributed by atoms with Crippen LogP contribution in [0.15, 0.2) is 30.7 Å². The Morgan fingerprint density at radius 3 is 2.64 bits per heavy atom. The third-order valence-corrected chi connectivity index (χ3v) is 2.14. The lowest BCUT2D eigenvalue weighted by Crippen LogP contribution is -1.94. The van der Waals surface area contributed by atoms with Gasteiger partial charge in [-0.05, 0) is 31.5 Å². The van der Waals surface area contributed by atoms with Crippen LogP contribution in [0.5, 0.6) is 0 Å². The fourth-order valence-electron chi connectivity index (χ4n) is 1.16. The number of aromatic nitrogens is 3. The highest BCUT2D eigenvalue weighted by atomic mass is 14.9. The van der Waals surface area contributed by atoms with Crippen molar-refractivity contribution >= 4 is 0 Å². The molecule has 0 spiro atoms. The van der Waals surface area contributed by atoms with E-state index in [4.69, 9.17) is 0 Å². The topological polar surface area (TPSA) is 38.7 Å². The summed E-state index contributed by atoms with van der Waals surface area (Å²) in [7, 11) is 0. The Morgan fingerprint density at radius 2 is 2.00 bits per heavy atom. The van der Waals surface area contributed by atoms with Gasteiger partial charge < -0.3 is 0 Å². The molecule has 0 radical (unpaired) electrons. The summed E-state index contributed by atoms with van der Waals surface area (Å²) in [5.41, 5.74) is 3.08. The summed E-state index contributed by atoms with van der Waals surface area (Å²) in [6, 6.07) is 3.84. The van der Waals surface area contributed by atoms with Crippen molar-refractivity contribution in [2.24, 2.45) is 0 Å². The van der Waals surface area contributed by atoms with Gasteiger partial charge in [0.15, 0.2) is 5.82 Å². The molecule has 0 aliphatic rings. The van der Waals surface area contributed by atoms with Gasteiger partial charge in [0.2, 0.25) is 0 Å². The average molecular weight is 185 g/mol. The van der Waals surface area contributed by atoms with Gasteiger partial charge in [-0.2, -0.15) is 0 Å².